The first kappa shape index (κ1) is 25.0. The third-order valence-corrected chi connectivity index (χ3v) is 10.1. The van der Waals surface area contributed by atoms with Crippen LogP contribution in [0.2, 0.25) is 0 Å². The van der Waals surface area contributed by atoms with Gasteiger partial charge < -0.3 is 0 Å². The summed E-state index contributed by atoms with van der Waals surface area (Å²) in [5, 5.41) is 7.08. The predicted octanol–water partition coefficient (Wildman–Crippen LogP) is 5.43. The van der Waals surface area contributed by atoms with Gasteiger partial charge in [-0.1, -0.05) is 96.8 Å². The highest BCUT2D eigenvalue weighted by Gasteiger charge is 2.42. The number of thiocarbonyl (C=S) groups is 1. The van der Waals surface area contributed by atoms with E-state index >= 15 is 0 Å². The number of thioether (sulfide) groups is 1. The van der Waals surface area contributed by atoms with Crippen molar-refractivity contribution in [2.75, 3.05) is 16.5 Å². The minimum Gasteiger partial charge on any atom is -0.289 e. The molecule has 0 bridgehead atoms. The van der Waals surface area contributed by atoms with Crippen molar-refractivity contribution in [2.24, 2.45) is 5.10 Å². The second kappa shape index (κ2) is 10.1. The fourth-order valence-electron chi connectivity index (χ4n) is 5.14. The number of nitrogens with zero attached hydrogens (tertiary/aromatic N) is 3. The Hall–Kier alpha value is -3.27. The van der Waals surface area contributed by atoms with Gasteiger partial charge in [0.15, 0.2) is 9.84 Å². The van der Waals surface area contributed by atoms with E-state index in [4.69, 9.17) is 17.3 Å². The number of benzene rings is 3. The summed E-state index contributed by atoms with van der Waals surface area (Å²) < 4.78 is 24.3. The molecule has 2 saturated heterocycles. The normalized spacial score (nSPS) is 23.9. The summed E-state index contributed by atoms with van der Waals surface area (Å²) in [4.78, 5) is 15.1. The Bertz CT molecular complexity index is 1550. The molecule has 3 aliphatic rings. The molecule has 3 aromatic carbocycles. The Labute approximate surface area is 232 Å². The number of hydrogen-bond acceptors (Lipinski definition) is 7. The Morgan fingerprint density at radius 2 is 1.63 bits per heavy atom. The summed E-state index contributed by atoms with van der Waals surface area (Å²) in [6.45, 7) is 0. The number of rotatable bonds is 5. The van der Waals surface area contributed by atoms with Crippen molar-refractivity contribution in [3.05, 3.63) is 107 Å². The highest BCUT2D eigenvalue weighted by atomic mass is 32.2. The maximum absolute atomic E-state index is 13.1. The summed E-state index contributed by atoms with van der Waals surface area (Å²) in [7, 11) is -3.11. The van der Waals surface area contributed by atoms with Gasteiger partial charge in [-0.05, 0) is 41.3 Å². The SMILES string of the molecule is O=C1/C(=C/c2ccc(N3N=C(c4ccccc4)C[C@@H]3c3ccccc3)cc2)SC(=S)N1[C@@H]1CCS(=O)(=O)C1. The molecule has 0 unspecified atom stereocenters. The number of sulfone groups is 1. The van der Waals surface area contributed by atoms with Crippen molar-refractivity contribution in [1.82, 2.24) is 4.90 Å². The second-order valence-electron chi connectivity index (χ2n) is 9.59. The van der Waals surface area contributed by atoms with Gasteiger partial charge in [-0.15, -0.1) is 0 Å². The smallest absolute Gasteiger partial charge is 0.266 e. The van der Waals surface area contributed by atoms with Crippen LogP contribution in [0.15, 0.2) is 94.9 Å². The fourth-order valence-corrected chi connectivity index (χ4v) is 8.24. The first-order valence-corrected chi connectivity index (χ1v) is 15.5. The Morgan fingerprint density at radius 3 is 2.29 bits per heavy atom. The van der Waals surface area contributed by atoms with Crippen molar-refractivity contribution in [2.45, 2.75) is 24.9 Å². The number of anilines is 1. The highest BCUT2D eigenvalue weighted by Crippen LogP contribution is 2.38. The second-order valence-corrected chi connectivity index (χ2v) is 13.5. The number of hydrazone groups is 1. The molecule has 192 valence electrons. The third-order valence-electron chi connectivity index (χ3n) is 7.05. The van der Waals surface area contributed by atoms with Crippen LogP contribution in [-0.4, -0.2) is 46.8 Å². The number of amides is 1. The molecule has 0 aromatic heterocycles. The average molecular weight is 560 g/mol. The molecule has 3 aliphatic heterocycles. The molecule has 6 rings (SSSR count). The topological polar surface area (TPSA) is 70.1 Å². The molecule has 0 radical (unpaired) electrons. The highest BCUT2D eigenvalue weighted by molar-refractivity contribution is 8.26. The summed E-state index contributed by atoms with van der Waals surface area (Å²) in [5.41, 5.74) is 5.19. The van der Waals surface area contributed by atoms with Gasteiger partial charge in [0, 0.05) is 6.42 Å². The third kappa shape index (κ3) is 4.93. The molecule has 9 heteroatoms. The zero-order chi connectivity index (χ0) is 26.3. The van der Waals surface area contributed by atoms with E-state index in [2.05, 4.69) is 29.3 Å². The van der Waals surface area contributed by atoms with Crippen LogP contribution in [0.4, 0.5) is 5.69 Å². The average Bonchev–Trinajstić information content (AvgIpc) is 3.60. The van der Waals surface area contributed by atoms with Crippen LogP contribution in [0.1, 0.15) is 35.6 Å². The molecule has 2 fully saturated rings. The quantitative estimate of drug-likeness (QED) is 0.307. The van der Waals surface area contributed by atoms with Crippen LogP contribution in [-0.2, 0) is 14.6 Å². The first-order valence-electron chi connectivity index (χ1n) is 12.4. The van der Waals surface area contributed by atoms with Crippen molar-refractivity contribution in [3.63, 3.8) is 0 Å². The van der Waals surface area contributed by atoms with Crippen molar-refractivity contribution in [1.29, 1.82) is 0 Å². The van der Waals surface area contributed by atoms with E-state index < -0.39 is 9.84 Å². The molecular formula is C29H25N3O3S3. The maximum Gasteiger partial charge on any atom is 0.266 e. The monoisotopic (exact) mass is 559 g/mol. The van der Waals surface area contributed by atoms with E-state index in [1.807, 2.05) is 66.7 Å². The molecule has 0 spiro atoms. The van der Waals surface area contributed by atoms with Crippen LogP contribution in [0.3, 0.4) is 0 Å². The molecule has 0 aliphatic carbocycles. The van der Waals surface area contributed by atoms with Gasteiger partial charge >= 0.3 is 0 Å². The summed E-state index contributed by atoms with van der Waals surface area (Å²) in [5.74, 6) is -0.137. The van der Waals surface area contributed by atoms with Gasteiger partial charge in [-0.25, -0.2) is 8.42 Å². The van der Waals surface area contributed by atoms with Crippen LogP contribution in [0.25, 0.3) is 6.08 Å². The van der Waals surface area contributed by atoms with E-state index in [9.17, 15) is 13.2 Å². The molecule has 3 heterocycles. The molecule has 2 atom stereocenters. The standard InChI is InChI=1S/C29H25N3O3S3/c33-28-27(37-29(36)31(28)24-15-16-38(34,35)19-24)17-20-11-13-23(14-12-20)32-26(22-9-5-2-6-10-22)18-25(30-32)21-7-3-1-4-8-21/h1-14,17,24,26H,15-16,18-19H2/b27-17-/t24-,26-/m1/s1. The zero-order valence-electron chi connectivity index (χ0n) is 20.4. The summed E-state index contributed by atoms with van der Waals surface area (Å²) in [6, 6.07) is 28.3. The molecule has 3 aromatic rings. The van der Waals surface area contributed by atoms with Crippen LogP contribution in [0, 0.1) is 0 Å². The lowest BCUT2D eigenvalue weighted by Gasteiger charge is -2.24. The zero-order valence-corrected chi connectivity index (χ0v) is 22.9. The molecule has 38 heavy (non-hydrogen) atoms. The van der Waals surface area contributed by atoms with E-state index in [1.165, 1.54) is 22.2 Å². The molecular weight excluding hydrogens is 535 g/mol. The lowest BCUT2D eigenvalue weighted by Crippen LogP contribution is -2.39. The Balaban J connectivity index is 1.25. The van der Waals surface area contributed by atoms with Gasteiger partial charge in [0.05, 0.1) is 39.9 Å². The number of carbonyl (C=O) groups excluding carboxylic acids is 1. The molecule has 6 nitrogen and oxygen atoms in total. The van der Waals surface area contributed by atoms with Crippen LogP contribution in [0.5, 0.6) is 0 Å². The number of carbonyl (C=O) groups is 1. The van der Waals surface area contributed by atoms with Crippen molar-refractivity contribution < 1.29 is 13.2 Å². The Kier molecular flexibility index (Phi) is 6.67. The Morgan fingerprint density at radius 1 is 0.947 bits per heavy atom. The predicted molar refractivity (Wildman–Crippen MR) is 158 cm³/mol. The van der Waals surface area contributed by atoms with E-state index in [0.717, 1.165) is 28.9 Å². The first-order chi connectivity index (χ1) is 18.4. The lowest BCUT2D eigenvalue weighted by atomic mass is 9.98. The van der Waals surface area contributed by atoms with E-state index in [1.54, 1.807) is 0 Å². The minimum atomic E-state index is -3.11. The number of hydrogen-bond donors (Lipinski definition) is 0. The molecule has 1 amide bonds. The summed E-state index contributed by atoms with van der Waals surface area (Å²) in [6.07, 6.45) is 3.06. The van der Waals surface area contributed by atoms with Gasteiger partial charge in [-0.3, -0.25) is 14.7 Å². The van der Waals surface area contributed by atoms with Crippen LogP contribution >= 0.6 is 24.0 Å². The summed E-state index contributed by atoms with van der Waals surface area (Å²) >= 11 is 6.67. The fraction of sp³-hybridized carbons (Fsp3) is 0.207. The van der Waals surface area contributed by atoms with E-state index in [-0.39, 0.29) is 29.5 Å². The van der Waals surface area contributed by atoms with Gasteiger partial charge in [-0.2, -0.15) is 5.10 Å². The largest absolute Gasteiger partial charge is 0.289 e. The van der Waals surface area contributed by atoms with Crippen LogP contribution < -0.4 is 5.01 Å². The van der Waals surface area contributed by atoms with Gasteiger partial charge in [0.1, 0.15) is 4.32 Å². The van der Waals surface area contributed by atoms with Crippen molar-refractivity contribution in [3.8, 4) is 0 Å². The lowest BCUT2D eigenvalue weighted by molar-refractivity contribution is -0.123. The van der Waals surface area contributed by atoms with E-state index in [0.29, 0.717) is 15.6 Å². The van der Waals surface area contributed by atoms with Crippen molar-refractivity contribution >= 4 is 61.5 Å². The molecule has 0 N–H and O–H groups in total. The maximum atomic E-state index is 13.1. The minimum absolute atomic E-state index is 0.0225. The van der Waals surface area contributed by atoms with Gasteiger partial charge in [0.2, 0.25) is 0 Å². The molecule has 0 saturated carbocycles. The van der Waals surface area contributed by atoms with Gasteiger partial charge in [0.25, 0.3) is 5.91 Å².